The van der Waals surface area contributed by atoms with Gasteiger partial charge in [-0.2, -0.15) is 0 Å². The molecule has 1 aromatic carbocycles. The fraction of sp³-hybridized carbons (Fsp3) is 0.444. The zero-order chi connectivity index (χ0) is 19.1. The van der Waals surface area contributed by atoms with Gasteiger partial charge in [-0.25, -0.2) is 4.79 Å². The van der Waals surface area contributed by atoms with Crippen LogP contribution in [0, 0.1) is 0 Å². The summed E-state index contributed by atoms with van der Waals surface area (Å²) in [4.78, 5) is 24.8. The molecule has 2 rings (SSSR count). The van der Waals surface area contributed by atoms with Crippen LogP contribution in [0.4, 0.5) is 0 Å². The fourth-order valence-corrected chi connectivity index (χ4v) is 3.89. The standard InChI is InChI=1S/C18H23ClN2O4S/c1-12(20)18(24)25-11-26-16-6-7-21(10-14(16)8-17(22)23)9-13-4-2-3-5-15(13)19/h2-5,8,12,16H,6-7,9-11,20H2,1H3,(H,22,23)/b14-8-. The maximum Gasteiger partial charge on any atom is 0.328 e. The number of esters is 1. The molecule has 142 valence electrons. The average Bonchev–Trinajstić information content (AvgIpc) is 2.58. The number of carbonyl (C=O) groups is 2. The van der Waals surface area contributed by atoms with Crippen LogP contribution < -0.4 is 5.73 Å². The van der Waals surface area contributed by atoms with E-state index in [0.29, 0.717) is 18.1 Å². The third kappa shape index (κ3) is 6.32. The highest BCUT2D eigenvalue weighted by atomic mass is 35.5. The Hall–Kier alpha value is -1.54. The van der Waals surface area contributed by atoms with E-state index in [1.54, 1.807) is 6.92 Å². The van der Waals surface area contributed by atoms with Crippen LogP contribution in [0.1, 0.15) is 18.9 Å². The number of rotatable bonds is 7. The van der Waals surface area contributed by atoms with Crippen LogP contribution in [0.5, 0.6) is 0 Å². The maximum atomic E-state index is 11.4. The molecule has 2 atom stereocenters. The van der Waals surface area contributed by atoms with Gasteiger partial charge in [0.2, 0.25) is 0 Å². The van der Waals surface area contributed by atoms with Crippen molar-refractivity contribution in [1.82, 2.24) is 4.90 Å². The number of likely N-dealkylation sites (tertiary alicyclic amines) is 1. The van der Waals surface area contributed by atoms with Gasteiger partial charge in [-0.05, 0) is 30.5 Å². The average molecular weight is 399 g/mol. The first-order valence-corrected chi connectivity index (χ1v) is 9.72. The number of nitrogens with two attached hydrogens (primary N) is 1. The monoisotopic (exact) mass is 398 g/mol. The Bertz CT molecular complexity index is 681. The van der Waals surface area contributed by atoms with Crippen LogP contribution >= 0.6 is 23.4 Å². The molecular formula is C18H23ClN2O4S. The highest BCUT2D eigenvalue weighted by Crippen LogP contribution is 2.29. The van der Waals surface area contributed by atoms with Gasteiger partial charge in [0.15, 0.2) is 0 Å². The van der Waals surface area contributed by atoms with E-state index >= 15 is 0 Å². The van der Waals surface area contributed by atoms with Crippen LogP contribution in [0.15, 0.2) is 35.9 Å². The quantitative estimate of drug-likeness (QED) is 0.414. The number of carboxylic acid groups (broad SMARTS) is 1. The van der Waals surface area contributed by atoms with Crippen LogP contribution in [-0.4, -0.2) is 52.3 Å². The zero-order valence-electron chi connectivity index (χ0n) is 14.6. The Morgan fingerprint density at radius 3 is 2.88 bits per heavy atom. The molecule has 26 heavy (non-hydrogen) atoms. The van der Waals surface area contributed by atoms with Crippen molar-refractivity contribution in [3.8, 4) is 0 Å². The molecule has 0 spiro atoms. The lowest BCUT2D eigenvalue weighted by Crippen LogP contribution is -2.37. The largest absolute Gasteiger partial charge is 0.478 e. The summed E-state index contributed by atoms with van der Waals surface area (Å²) in [5, 5.41) is 9.86. The molecule has 8 heteroatoms. The lowest BCUT2D eigenvalue weighted by atomic mass is 10.0. The van der Waals surface area contributed by atoms with E-state index in [2.05, 4.69) is 4.90 Å². The molecule has 1 fully saturated rings. The van der Waals surface area contributed by atoms with E-state index < -0.39 is 18.0 Å². The van der Waals surface area contributed by atoms with Crippen molar-refractivity contribution in [2.45, 2.75) is 31.2 Å². The van der Waals surface area contributed by atoms with Gasteiger partial charge in [0.1, 0.15) is 12.0 Å². The molecule has 0 radical (unpaired) electrons. The first kappa shape index (κ1) is 20.8. The lowest BCUT2D eigenvalue weighted by molar-refractivity contribution is -0.142. The van der Waals surface area contributed by atoms with E-state index in [-0.39, 0.29) is 11.2 Å². The molecule has 0 aromatic heterocycles. The van der Waals surface area contributed by atoms with E-state index in [1.807, 2.05) is 24.3 Å². The predicted molar refractivity (Wildman–Crippen MR) is 103 cm³/mol. The molecule has 1 aliphatic heterocycles. The summed E-state index contributed by atoms with van der Waals surface area (Å²) in [5.74, 6) is -1.28. The zero-order valence-corrected chi connectivity index (χ0v) is 16.1. The second-order valence-corrected chi connectivity index (χ2v) is 7.72. The minimum Gasteiger partial charge on any atom is -0.478 e. The Morgan fingerprint density at radius 1 is 1.50 bits per heavy atom. The Kier molecular flexibility index (Phi) is 7.96. The van der Waals surface area contributed by atoms with Gasteiger partial charge in [0, 0.05) is 36.0 Å². The van der Waals surface area contributed by atoms with Crippen LogP contribution in [0.3, 0.4) is 0 Å². The first-order valence-electron chi connectivity index (χ1n) is 8.29. The van der Waals surface area contributed by atoms with Crippen molar-refractivity contribution in [3.05, 3.63) is 46.5 Å². The summed E-state index contributed by atoms with van der Waals surface area (Å²) >= 11 is 7.64. The number of nitrogens with zero attached hydrogens (tertiary/aromatic N) is 1. The number of aliphatic carboxylic acids is 1. The highest BCUT2D eigenvalue weighted by Gasteiger charge is 2.26. The van der Waals surface area contributed by atoms with Gasteiger partial charge in [0.05, 0.1) is 0 Å². The number of carboxylic acids is 1. The molecule has 1 heterocycles. The summed E-state index contributed by atoms with van der Waals surface area (Å²) < 4.78 is 5.09. The molecule has 3 N–H and O–H groups in total. The van der Waals surface area contributed by atoms with Crippen molar-refractivity contribution < 1.29 is 19.4 Å². The third-order valence-corrected chi connectivity index (χ3v) is 5.59. The summed E-state index contributed by atoms with van der Waals surface area (Å²) in [7, 11) is 0. The smallest absolute Gasteiger partial charge is 0.328 e. The minimum absolute atomic E-state index is 0.00511. The van der Waals surface area contributed by atoms with E-state index in [0.717, 1.165) is 24.1 Å². The van der Waals surface area contributed by atoms with Crippen molar-refractivity contribution in [2.75, 3.05) is 19.0 Å². The molecule has 1 aliphatic rings. The number of thioether (sulfide) groups is 1. The van der Waals surface area contributed by atoms with Crippen molar-refractivity contribution in [3.63, 3.8) is 0 Å². The van der Waals surface area contributed by atoms with Gasteiger partial charge in [-0.3, -0.25) is 9.69 Å². The van der Waals surface area contributed by atoms with Crippen LogP contribution in [0.25, 0.3) is 0 Å². The molecule has 1 aromatic rings. The summed E-state index contributed by atoms with van der Waals surface area (Å²) in [6, 6.07) is 6.97. The van der Waals surface area contributed by atoms with Gasteiger partial charge < -0.3 is 15.6 Å². The normalized spacial score (nSPS) is 20.7. The van der Waals surface area contributed by atoms with Crippen LogP contribution in [-0.2, 0) is 20.9 Å². The second-order valence-electron chi connectivity index (χ2n) is 6.17. The second kappa shape index (κ2) is 9.97. The topological polar surface area (TPSA) is 92.9 Å². The van der Waals surface area contributed by atoms with Crippen LogP contribution in [0.2, 0.25) is 5.02 Å². The Labute approximate surface area is 162 Å². The predicted octanol–water partition coefficient (Wildman–Crippen LogP) is 2.51. The Morgan fingerprint density at radius 2 is 2.23 bits per heavy atom. The van der Waals surface area contributed by atoms with Gasteiger partial charge in [-0.15, -0.1) is 11.8 Å². The lowest BCUT2D eigenvalue weighted by Gasteiger charge is -2.34. The van der Waals surface area contributed by atoms with Gasteiger partial charge >= 0.3 is 11.9 Å². The summed E-state index contributed by atoms with van der Waals surface area (Å²) in [6.07, 6.45) is 2.02. The SMILES string of the molecule is CC(N)C(=O)OCSC1CCN(Cc2ccccc2Cl)C/C1=C/C(=O)O. The Balaban J connectivity index is 1.97. The minimum atomic E-state index is -0.974. The summed E-state index contributed by atoms with van der Waals surface area (Å²) in [5.41, 5.74) is 7.28. The summed E-state index contributed by atoms with van der Waals surface area (Å²) in [6.45, 7) is 3.57. The number of benzene rings is 1. The maximum absolute atomic E-state index is 11.4. The van der Waals surface area contributed by atoms with E-state index in [1.165, 1.54) is 17.8 Å². The molecule has 1 saturated heterocycles. The van der Waals surface area contributed by atoms with Crippen molar-refractivity contribution in [2.24, 2.45) is 5.73 Å². The number of carbonyl (C=O) groups excluding carboxylic acids is 1. The molecule has 0 aliphatic carbocycles. The van der Waals surface area contributed by atoms with Crippen molar-refractivity contribution in [1.29, 1.82) is 0 Å². The molecule has 6 nitrogen and oxygen atoms in total. The highest BCUT2D eigenvalue weighted by molar-refractivity contribution is 7.99. The first-order chi connectivity index (χ1) is 12.4. The molecule has 0 bridgehead atoms. The van der Waals surface area contributed by atoms with E-state index in [9.17, 15) is 9.59 Å². The molecule has 2 unspecified atom stereocenters. The number of ether oxygens (including phenoxy) is 1. The fourth-order valence-electron chi connectivity index (χ4n) is 2.72. The third-order valence-electron chi connectivity index (χ3n) is 4.03. The number of halogens is 1. The van der Waals surface area contributed by atoms with Crippen molar-refractivity contribution >= 4 is 35.3 Å². The molecule has 0 amide bonds. The molecular weight excluding hydrogens is 376 g/mol. The molecule has 0 saturated carbocycles. The number of hydrogen-bond acceptors (Lipinski definition) is 6. The van der Waals surface area contributed by atoms with Gasteiger partial charge in [0.25, 0.3) is 0 Å². The number of hydrogen-bond donors (Lipinski definition) is 2. The number of piperidine rings is 1. The van der Waals surface area contributed by atoms with Gasteiger partial charge in [-0.1, -0.05) is 29.8 Å². The van der Waals surface area contributed by atoms with E-state index in [4.69, 9.17) is 27.2 Å².